The molecule has 186 valence electrons. The van der Waals surface area contributed by atoms with Crippen LogP contribution in [-0.4, -0.2) is 12.4 Å². The molecule has 1 aromatic rings. The zero-order valence-electron chi connectivity index (χ0n) is 21.4. The van der Waals surface area contributed by atoms with Gasteiger partial charge in [0.2, 0.25) is 0 Å². The van der Waals surface area contributed by atoms with Crippen molar-refractivity contribution in [2.75, 3.05) is 12.4 Å². The molecule has 0 aliphatic rings. The molecule has 0 heterocycles. The highest BCUT2D eigenvalue weighted by Gasteiger charge is 2.08. The van der Waals surface area contributed by atoms with Crippen LogP contribution in [0.1, 0.15) is 147 Å². The number of alkyl halides is 1. The highest BCUT2D eigenvalue weighted by molar-refractivity contribution is 6.17. The molecular formula is C30H54ClN. The Morgan fingerprint density at radius 3 is 1.41 bits per heavy atom. The van der Waals surface area contributed by atoms with Gasteiger partial charge in [-0.15, -0.1) is 11.6 Å². The highest BCUT2D eigenvalue weighted by Crippen LogP contribution is 2.18. The summed E-state index contributed by atoms with van der Waals surface area (Å²) >= 11 is 5.71. The van der Waals surface area contributed by atoms with Crippen LogP contribution < -0.4 is 5.32 Å². The number of halogens is 1. The molecule has 1 unspecified atom stereocenters. The van der Waals surface area contributed by atoms with Gasteiger partial charge in [-0.05, 0) is 31.4 Å². The highest BCUT2D eigenvalue weighted by atomic mass is 35.5. The topological polar surface area (TPSA) is 12.0 Å². The van der Waals surface area contributed by atoms with Crippen LogP contribution in [0.2, 0.25) is 0 Å². The second-order valence-electron chi connectivity index (χ2n) is 9.76. The number of rotatable bonds is 24. The lowest BCUT2D eigenvalue weighted by molar-refractivity contribution is 0.473. The maximum Gasteiger partial charge on any atom is 0.0320 e. The van der Waals surface area contributed by atoms with Crippen LogP contribution in [0.25, 0.3) is 0 Å². The Kier molecular flexibility index (Phi) is 21.8. The van der Waals surface area contributed by atoms with Gasteiger partial charge in [0.1, 0.15) is 0 Å². The fourth-order valence-corrected chi connectivity index (χ4v) is 4.87. The summed E-state index contributed by atoms with van der Waals surface area (Å²) in [6.07, 6.45) is 27.9. The molecule has 0 saturated carbocycles. The normalized spacial score (nSPS) is 12.3. The molecule has 0 radical (unpaired) electrons. The minimum absolute atomic E-state index is 0.535. The average molecular weight is 464 g/mol. The van der Waals surface area contributed by atoms with E-state index in [1.165, 1.54) is 134 Å². The molecule has 1 aromatic carbocycles. The summed E-state index contributed by atoms with van der Waals surface area (Å²) in [5, 5.41) is 3.79. The van der Waals surface area contributed by atoms with Gasteiger partial charge in [-0.2, -0.15) is 0 Å². The predicted molar refractivity (Wildman–Crippen MR) is 146 cm³/mol. The van der Waals surface area contributed by atoms with Gasteiger partial charge in [0.05, 0.1) is 0 Å². The lowest BCUT2D eigenvalue weighted by atomic mass is 10.0. The Hall–Kier alpha value is -0.530. The summed E-state index contributed by atoms with van der Waals surface area (Å²) < 4.78 is 0. The lowest BCUT2D eigenvalue weighted by Crippen LogP contribution is -2.22. The minimum atomic E-state index is 0.535. The Balaban J connectivity index is 1.79. The van der Waals surface area contributed by atoms with E-state index in [-0.39, 0.29) is 0 Å². The summed E-state index contributed by atoms with van der Waals surface area (Å²) in [5.41, 5.74) is 1.45. The van der Waals surface area contributed by atoms with Crippen LogP contribution >= 0.6 is 11.6 Å². The van der Waals surface area contributed by atoms with Crippen molar-refractivity contribution >= 4 is 11.6 Å². The van der Waals surface area contributed by atoms with Gasteiger partial charge < -0.3 is 5.32 Å². The third-order valence-electron chi connectivity index (χ3n) is 6.73. The van der Waals surface area contributed by atoms with Gasteiger partial charge in [0.15, 0.2) is 0 Å². The molecule has 1 N–H and O–H groups in total. The molecule has 0 saturated heterocycles. The maximum atomic E-state index is 5.71. The molecule has 1 nitrogen and oxygen atoms in total. The largest absolute Gasteiger partial charge is 0.310 e. The standard InChI is InChI=1S/C30H54ClN/c1-2-24-30(29-25-20-19-21-26-29)32-28-23-18-16-14-12-10-8-6-4-3-5-7-9-11-13-15-17-22-27-31/h19-21,25-26,30,32H,2-18,22-24,27-28H2,1H3. The zero-order valence-corrected chi connectivity index (χ0v) is 22.2. The Morgan fingerprint density at radius 1 is 0.594 bits per heavy atom. The summed E-state index contributed by atoms with van der Waals surface area (Å²) in [5.74, 6) is 0.840. The molecule has 1 rings (SSSR count). The number of nitrogens with one attached hydrogen (secondary N) is 1. The maximum absolute atomic E-state index is 5.71. The molecule has 0 bridgehead atoms. The second kappa shape index (κ2) is 23.6. The summed E-state index contributed by atoms with van der Waals surface area (Å²) in [4.78, 5) is 0. The van der Waals surface area contributed by atoms with Crippen molar-refractivity contribution in [1.29, 1.82) is 0 Å². The van der Waals surface area contributed by atoms with E-state index in [2.05, 4.69) is 42.6 Å². The predicted octanol–water partition coefficient (Wildman–Crippen LogP) is 10.4. The van der Waals surface area contributed by atoms with Crippen molar-refractivity contribution in [3.05, 3.63) is 35.9 Å². The fourth-order valence-electron chi connectivity index (χ4n) is 4.68. The first-order valence-corrected chi connectivity index (χ1v) is 14.8. The fraction of sp³-hybridized carbons (Fsp3) is 0.800. The van der Waals surface area contributed by atoms with Crippen molar-refractivity contribution in [3.63, 3.8) is 0 Å². The van der Waals surface area contributed by atoms with Gasteiger partial charge in [-0.3, -0.25) is 0 Å². The van der Waals surface area contributed by atoms with Crippen LogP contribution in [0.4, 0.5) is 0 Å². The van der Waals surface area contributed by atoms with Gasteiger partial charge >= 0.3 is 0 Å². The van der Waals surface area contributed by atoms with E-state index < -0.39 is 0 Å². The lowest BCUT2D eigenvalue weighted by Gasteiger charge is -2.18. The molecule has 32 heavy (non-hydrogen) atoms. The minimum Gasteiger partial charge on any atom is -0.310 e. The first-order valence-electron chi connectivity index (χ1n) is 14.2. The quantitative estimate of drug-likeness (QED) is 0.119. The zero-order chi connectivity index (χ0) is 23.0. The summed E-state index contributed by atoms with van der Waals surface area (Å²) in [6.45, 7) is 3.44. The van der Waals surface area contributed by atoms with Gasteiger partial charge in [0, 0.05) is 11.9 Å². The van der Waals surface area contributed by atoms with Gasteiger partial charge in [-0.25, -0.2) is 0 Å². The molecule has 0 aromatic heterocycles. The third-order valence-corrected chi connectivity index (χ3v) is 7.00. The van der Waals surface area contributed by atoms with E-state index in [4.69, 9.17) is 11.6 Å². The van der Waals surface area contributed by atoms with Crippen LogP contribution in [0.5, 0.6) is 0 Å². The van der Waals surface area contributed by atoms with Crippen LogP contribution in [0.3, 0.4) is 0 Å². The first-order chi connectivity index (χ1) is 15.9. The number of hydrogen-bond donors (Lipinski definition) is 1. The van der Waals surface area contributed by atoms with Crippen molar-refractivity contribution in [3.8, 4) is 0 Å². The van der Waals surface area contributed by atoms with Crippen molar-refractivity contribution in [2.45, 2.75) is 141 Å². The molecule has 1 atom stereocenters. The van der Waals surface area contributed by atoms with Gasteiger partial charge in [0.25, 0.3) is 0 Å². The molecule has 0 spiro atoms. The smallest absolute Gasteiger partial charge is 0.0320 e. The molecule has 2 heteroatoms. The van der Waals surface area contributed by atoms with E-state index in [1.54, 1.807) is 0 Å². The van der Waals surface area contributed by atoms with Crippen LogP contribution in [0.15, 0.2) is 30.3 Å². The molecule has 0 fully saturated rings. The van der Waals surface area contributed by atoms with Crippen LogP contribution in [0, 0.1) is 0 Å². The second-order valence-corrected chi connectivity index (χ2v) is 10.1. The molecular weight excluding hydrogens is 410 g/mol. The molecule has 0 amide bonds. The van der Waals surface area contributed by atoms with Crippen molar-refractivity contribution < 1.29 is 0 Å². The average Bonchev–Trinajstić information content (AvgIpc) is 2.82. The SMILES string of the molecule is CCCC(NCCCCCCCCCCCCCCCCCCCCCl)c1ccccc1. The Labute approximate surface area is 206 Å². The van der Waals surface area contributed by atoms with E-state index in [9.17, 15) is 0 Å². The first kappa shape index (κ1) is 29.5. The monoisotopic (exact) mass is 463 g/mol. The van der Waals surface area contributed by atoms with Crippen molar-refractivity contribution in [2.24, 2.45) is 0 Å². The Morgan fingerprint density at radius 2 is 1.00 bits per heavy atom. The van der Waals surface area contributed by atoms with E-state index in [0.717, 1.165) is 12.4 Å². The van der Waals surface area contributed by atoms with E-state index in [0.29, 0.717) is 6.04 Å². The Bertz CT molecular complexity index is 475. The number of benzene rings is 1. The summed E-state index contributed by atoms with van der Waals surface area (Å²) in [6, 6.07) is 11.5. The number of unbranched alkanes of at least 4 members (excludes halogenated alkanes) is 17. The summed E-state index contributed by atoms with van der Waals surface area (Å²) in [7, 11) is 0. The van der Waals surface area contributed by atoms with E-state index >= 15 is 0 Å². The van der Waals surface area contributed by atoms with E-state index in [1.807, 2.05) is 0 Å². The van der Waals surface area contributed by atoms with Crippen LogP contribution in [-0.2, 0) is 0 Å². The molecule has 0 aliphatic heterocycles. The van der Waals surface area contributed by atoms with Crippen molar-refractivity contribution in [1.82, 2.24) is 5.32 Å². The number of hydrogen-bond acceptors (Lipinski definition) is 1. The third kappa shape index (κ3) is 18.0. The molecule has 0 aliphatic carbocycles. The van der Waals surface area contributed by atoms with Gasteiger partial charge in [-0.1, -0.05) is 146 Å².